The van der Waals surface area contributed by atoms with Gasteiger partial charge in [0, 0.05) is 37.1 Å². The highest BCUT2D eigenvalue weighted by molar-refractivity contribution is 5.81. The minimum atomic E-state index is -1.02. The molecule has 1 saturated carbocycles. The number of amides is 1. The minimum absolute atomic E-state index is 0.0676. The van der Waals surface area contributed by atoms with Gasteiger partial charge in [0.1, 0.15) is 11.5 Å². The van der Waals surface area contributed by atoms with Gasteiger partial charge in [-0.3, -0.25) is 9.59 Å². The Morgan fingerprint density at radius 2 is 1.93 bits per heavy atom. The molecule has 1 saturated heterocycles. The summed E-state index contributed by atoms with van der Waals surface area (Å²) >= 11 is 0. The number of carboxylic acid groups (broad SMARTS) is 1. The lowest BCUT2D eigenvalue weighted by Crippen LogP contribution is -2.52. The fourth-order valence-electron chi connectivity index (χ4n) is 4.74. The molecule has 4 rings (SSSR count). The van der Waals surface area contributed by atoms with Crippen molar-refractivity contribution in [3.8, 4) is 11.3 Å². The maximum atomic E-state index is 12.9. The summed E-state index contributed by atoms with van der Waals surface area (Å²) in [5, 5.41) is 14.2. The largest absolute Gasteiger partial charge is 0.481 e. The van der Waals surface area contributed by atoms with Crippen LogP contribution < -0.4 is 0 Å². The van der Waals surface area contributed by atoms with Gasteiger partial charge in [-0.2, -0.15) is 0 Å². The first-order valence-electron chi connectivity index (χ1n) is 10.5. The Hall–Kier alpha value is -2.63. The first kappa shape index (κ1) is 19.7. The molecule has 2 aromatic rings. The summed E-state index contributed by atoms with van der Waals surface area (Å²) in [5.74, 6) is -0.114. The first-order valence-corrected chi connectivity index (χ1v) is 10.5. The van der Waals surface area contributed by atoms with E-state index in [9.17, 15) is 14.7 Å². The summed E-state index contributed by atoms with van der Waals surface area (Å²) in [4.78, 5) is 26.9. The number of rotatable bonds is 5. The molecule has 1 aliphatic heterocycles. The first-order chi connectivity index (χ1) is 14.0. The van der Waals surface area contributed by atoms with Crippen molar-refractivity contribution in [2.24, 2.45) is 11.3 Å². The minimum Gasteiger partial charge on any atom is -0.481 e. The smallest absolute Gasteiger partial charge is 0.311 e. The van der Waals surface area contributed by atoms with E-state index < -0.39 is 11.4 Å². The summed E-state index contributed by atoms with van der Waals surface area (Å²) in [6, 6.07) is 9.80. The molecule has 1 aromatic heterocycles. The second-order valence-electron chi connectivity index (χ2n) is 8.65. The van der Waals surface area contributed by atoms with Gasteiger partial charge in [0.2, 0.25) is 5.91 Å². The Balaban J connectivity index is 1.52. The van der Waals surface area contributed by atoms with E-state index in [2.05, 4.69) is 5.16 Å². The van der Waals surface area contributed by atoms with Crippen LogP contribution in [-0.4, -0.2) is 40.1 Å². The molecule has 154 valence electrons. The number of carbonyl (C=O) groups is 2. The molecule has 2 heterocycles. The van der Waals surface area contributed by atoms with E-state index >= 15 is 0 Å². The molecule has 2 aliphatic rings. The quantitative estimate of drug-likeness (QED) is 0.823. The molecule has 1 atom stereocenters. The number of benzene rings is 1. The predicted molar refractivity (Wildman–Crippen MR) is 108 cm³/mol. The lowest BCUT2D eigenvalue weighted by Gasteiger charge is -2.40. The van der Waals surface area contributed by atoms with Crippen molar-refractivity contribution in [1.29, 1.82) is 0 Å². The van der Waals surface area contributed by atoms with Gasteiger partial charge in [-0.05, 0) is 32.6 Å². The van der Waals surface area contributed by atoms with Crippen molar-refractivity contribution in [3.63, 3.8) is 0 Å². The number of hydrogen-bond acceptors (Lipinski definition) is 4. The van der Waals surface area contributed by atoms with Crippen molar-refractivity contribution in [2.75, 3.05) is 13.1 Å². The maximum absolute atomic E-state index is 12.9. The fourth-order valence-corrected chi connectivity index (χ4v) is 4.74. The van der Waals surface area contributed by atoms with Gasteiger partial charge in [-0.25, -0.2) is 0 Å². The molecule has 0 spiro atoms. The highest BCUT2D eigenvalue weighted by Crippen LogP contribution is 2.37. The summed E-state index contributed by atoms with van der Waals surface area (Å²) in [7, 11) is 0. The van der Waals surface area contributed by atoms with Gasteiger partial charge < -0.3 is 14.5 Å². The molecule has 6 nitrogen and oxygen atoms in total. The Bertz CT molecular complexity index is 883. The summed E-state index contributed by atoms with van der Waals surface area (Å²) in [6.45, 7) is 2.92. The van der Waals surface area contributed by atoms with Crippen LogP contribution in [0.15, 0.2) is 34.9 Å². The highest BCUT2D eigenvalue weighted by Gasteiger charge is 2.45. The van der Waals surface area contributed by atoms with Crippen LogP contribution in [-0.2, 0) is 16.0 Å². The number of hydrogen-bond donors (Lipinski definition) is 1. The Kier molecular flexibility index (Phi) is 5.43. The second kappa shape index (κ2) is 8.01. The van der Waals surface area contributed by atoms with Crippen molar-refractivity contribution in [3.05, 3.63) is 41.7 Å². The lowest BCUT2D eigenvalue weighted by molar-refractivity contribution is -0.156. The number of carbonyl (C=O) groups excluding carboxylic acids is 1. The van der Waals surface area contributed by atoms with Crippen molar-refractivity contribution >= 4 is 11.9 Å². The fraction of sp³-hybridized carbons (Fsp3) is 0.522. The average molecular weight is 396 g/mol. The van der Waals surface area contributed by atoms with E-state index in [1.54, 1.807) is 4.90 Å². The zero-order valence-electron chi connectivity index (χ0n) is 16.9. The van der Waals surface area contributed by atoms with Crippen LogP contribution in [0.3, 0.4) is 0 Å². The standard InChI is InChI=1S/C23H28N2O4/c1-16-7-9-17(10-8-16)20-13-19(29-24-20)14-23(22(27)28)11-4-12-25(15-23)21(26)18-5-2-3-6-18/h7-10,13,18H,2-6,11-12,14-15H2,1H3,(H,27,28). The molecule has 29 heavy (non-hydrogen) atoms. The van der Waals surface area contributed by atoms with E-state index in [0.717, 1.165) is 36.8 Å². The molecule has 2 fully saturated rings. The van der Waals surface area contributed by atoms with Crippen LogP contribution >= 0.6 is 0 Å². The summed E-state index contributed by atoms with van der Waals surface area (Å²) in [6.07, 6.45) is 5.52. The van der Waals surface area contributed by atoms with Crippen LogP contribution in [0.1, 0.15) is 49.8 Å². The maximum Gasteiger partial charge on any atom is 0.311 e. The van der Waals surface area contributed by atoms with E-state index in [0.29, 0.717) is 30.8 Å². The third-order valence-electron chi connectivity index (χ3n) is 6.47. The number of carboxylic acids is 1. The van der Waals surface area contributed by atoms with Gasteiger partial charge >= 0.3 is 5.97 Å². The number of aromatic nitrogens is 1. The number of piperidine rings is 1. The molecular formula is C23H28N2O4. The molecular weight excluding hydrogens is 368 g/mol. The summed E-state index contributed by atoms with van der Waals surface area (Å²) in [5.41, 5.74) is 1.79. The number of likely N-dealkylation sites (tertiary alicyclic amines) is 1. The zero-order chi connectivity index (χ0) is 20.4. The highest BCUT2D eigenvalue weighted by atomic mass is 16.5. The van der Waals surface area contributed by atoms with E-state index in [1.807, 2.05) is 37.3 Å². The van der Waals surface area contributed by atoms with Crippen molar-refractivity contribution in [2.45, 2.75) is 51.9 Å². The average Bonchev–Trinajstić information content (AvgIpc) is 3.40. The van der Waals surface area contributed by atoms with Gasteiger partial charge in [-0.15, -0.1) is 0 Å². The van der Waals surface area contributed by atoms with E-state index in [4.69, 9.17) is 4.52 Å². The molecule has 1 N–H and O–H groups in total. The molecule has 1 aromatic carbocycles. The van der Waals surface area contributed by atoms with Crippen LogP contribution in [0.4, 0.5) is 0 Å². The second-order valence-corrected chi connectivity index (χ2v) is 8.65. The topological polar surface area (TPSA) is 83.6 Å². The van der Waals surface area contributed by atoms with Crippen LogP contribution in [0.25, 0.3) is 11.3 Å². The summed E-state index contributed by atoms with van der Waals surface area (Å²) < 4.78 is 5.51. The molecule has 0 radical (unpaired) electrons. The van der Waals surface area contributed by atoms with E-state index in [1.165, 1.54) is 0 Å². The van der Waals surface area contributed by atoms with Gasteiger partial charge in [0.05, 0.1) is 5.41 Å². The Morgan fingerprint density at radius 3 is 2.62 bits per heavy atom. The predicted octanol–water partition coefficient (Wildman–Crippen LogP) is 4.08. The van der Waals surface area contributed by atoms with Crippen molar-refractivity contribution in [1.82, 2.24) is 10.1 Å². The van der Waals surface area contributed by atoms with Gasteiger partial charge in [-0.1, -0.05) is 47.8 Å². The van der Waals surface area contributed by atoms with Gasteiger partial charge in [0.25, 0.3) is 0 Å². The Labute approximate surface area is 170 Å². The molecule has 1 unspecified atom stereocenters. The third kappa shape index (κ3) is 4.07. The lowest BCUT2D eigenvalue weighted by atomic mass is 9.76. The third-order valence-corrected chi connectivity index (χ3v) is 6.47. The van der Waals surface area contributed by atoms with E-state index in [-0.39, 0.29) is 24.8 Å². The zero-order valence-corrected chi connectivity index (χ0v) is 16.9. The number of nitrogens with zero attached hydrogens (tertiary/aromatic N) is 2. The number of aliphatic carboxylic acids is 1. The molecule has 6 heteroatoms. The normalized spacial score (nSPS) is 22.7. The van der Waals surface area contributed by atoms with Crippen LogP contribution in [0, 0.1) is 18.3 Å². The molecule has 1 amide bonds. The van der Waals surface area contributed by atoms with Crippen molar-refractivity contribution < 1.29 is 19.2 Å². The number of aryl methyl sites for hydroxylation is 1. The molecule has 1 aliphatic carbocycles. The van der Waals surface area contributed by atoms with Crippen LogP contribution in [0.5, 0.6) is 0 Å². The van der Waals surface area contributed by atoms with Gasteiger partial charge in [0.15, 0.2) is 0 Å². The Morgan fingerprint density at radius 1 is 1.21 bits per heavy atom. The SMILES string of the molecule is Cc1ccc(-c2cc(CC3(C(=O)O)CCCN(C(=O)C4CCCC4)C3)on2)cc1. The van der Waals surface area contributed by atoms with Crippen LogP contribution in [0.2, 0.25) is 0 Å². The molecule has 0 bridgehead atoms. The monoisotopic (exact) mass is 396 g/mol.